The standard InChI is InChI=1S/C28H32F4N2O3S/c1-26(29,28(30,31)32)22-8-9-23-21(17-22)7-10-24-27(23,18-20-5-3-2-4-6-20)11-12-34(24)25(35)19-33-13-15-38(36,37)16-14-33/h2-6,8-9,17,24H,7,10-16,18-19H2,1H3/t24-,26?,27-/m0/s1. The third-order valence-electron chi connectivity index (χ3n) is 8.69. The highest BCUT2D eigenvalue weighted by Gasteiger charge is 2.55. The second-order valence-electron chi connectivity index (χ2n) is 11.0. The lowest BCUT2D eigenvalue weighted by molar-refractivity contribution is -0.228. The Bertz CT molecular complexity index is 1300. The van der Waals surface area contributed by atoms with Gasteiger partial charge in [-0.1, -0.05) is 48.5 Å². The predicted octanol–water partition coefficient (Wildman–Crippen LogP) is 4.19. The molecule has 0 radical (unpaired) electrons. The van der Waals surface area contributed by atoms with Crippen molar-refractivity contribution in [1.29, 1.82) is 0 Å². The highest BCUT2D eigenvalue weighted by molar-refractivity contribution is 7.91. The highest BCUT2D eigenvalue weighted by Crippen LogP contribution is 2.51. The number of amides is 1. The lowest BCUT2D eigenvalue weighted by Gasteiger charge is -2.44. The molecule has 0 aromatic heterocycles. The number of hydrogen-bond acceptors (Lipinski definition) is 4. The predicted molar refractivity (Wildman–Crippen MR) is 136 cm³/mol. The van der Waals surface area contributed by atoms with Crippen molar-refractivity contribution in [2.24, 2.45) is 0 Å². The topological polar surface area (TPSA) is 57.7 Å². The molecule has 2 fully saturated rings. The van der Waals surface area contributed by atoms with Gasteiger partial charge in [0.1, 0.15) is 0 Å². The lowest BCUT2D eigenvalue weighted by atomic mass is 9.63. The Morgan fingerprint density at radius 3 is 2.37 bits per heavy atom. The first-order valence-electron chi connectivity index (χ1n) is 13.0. The van der Waals surface area contributed by atoms with Crippen molar-refractivity contribution in [3.05, 3.63) is 70.8 Å². The maximum absolute atomic E-state index is 14.8. The minimum atomic E-state index is -5.02. The van der Waals surface area contributed by atoms with E-state index in [-0.39, 0.29) is 30.0 Å². The Morgan fingerprint density at radius 1 is 1.03 bits per heavy atom. The van der Waals surface area contributed by atoms with Crippen LogP contribution in [0.15, 0.2) is 48.5 Å². The third kappa shape index (κ3) is 4.85. The number of nitrogens with zero attached hydrogens (tertiary/aromatic N) is 2. The molecule has 1 aliphatic carbocycles. The summed E-state index contributed by atoms with van der Waals surface area (Å²) in [7, 11) is -3.05. The van der Waals surface area contributed by atoms with Crippen LogP contribution in [0.4, 0.5) is 17.6 Å². The first-order valence-corrected chi connectivity index (χ1v) is 14.8. The van der Waals surface area contributed by atoms with Crippen LogP contribution in [0.5, 0.6) is 0 Å². The fourth-order valence-corrected chi connectivity index (χ4v) is 7.75. The Kier molecular flexibility index (Phi) is 6.87. The number of aryl methyl sites for hydroxylation is 1. The maximum atomic E-state index is 14.8. The summed E-state index contributed by atoms with van der Waals surface area (Å²) in [5.74, 6) is 0.0312. The average Bonchev–Trinajstić information content (AvgIpc) is 3.24. The molecule has 206 valence electrons. The quantitative estimate of drug-likeness (QED) is 0.522. The van der Waals surface area contributed by atoms with Crippen LogP contribution in [0.2, 0.25) is 0 Å². The number of rotatable bonds is 5. The molecule has 2 aliphatic heterocycles. The number of alkyl halides is 4. The molecule has 0 spiro atoms. The summed E-state index contributed by atoms with van der Waals surface area (Å²) in [6.45, 7) is 1.86. The van der Waals surface area contributed by atoms with Gasteiger partial charge in [0, 0.05) is 31.1 Å². The summed E-state index contributed by atoms with van der Waals surface area (Å²) >= 11 is 0. The minimum Gasteiger partial charge on any atom is -0.338 e. The molecule has 0 N–H and O–H groups in total. The molecule has 0 saturated carbocycles. The van der Waals surface area contributed by atoms with Crippen molar-refractivity contribution in [1.82, 2.24) is 9.80 Å². The van der Waals surface area contributed by atoms with Gasteiger partial charge in [0.25, 0.3) is 0 Å². The van der Waals surface area contributed by atoms with E-state index in [1.807, 2.05) is 40.1 Å². The van der Waals surface area contributed by atoms with Crippen molar-refractivity contribution in [2.45, 2.75) is 55.9 Å². The van der Waals surface area contributed by atoms with Gasteiger partial charge in [0.15, 0.2) is 9.84 Å². The Hall–Kier alpha value is -2.46. The van der Waals surface area contributed by atoms with E-state index in [2.05, 4.69) is 0 Å². The van der Waals surface area contributed by atoms with Crippen LogP contribution in [0.1, 0.15) is 42.0 Å². The second kappa shape index (κ2) is 9.62. The zero-order chi connectivity index (χ0) is 27.3. The first-order chi connectivity index (χ1) is 17.8. The summed E-state index contributed by atoms with van der Waals surface area (Å²) in [6.07, 6.45) is -2.75. The van der Waals surface area contributed by atoms with E-state index in [0.717, 1.165) is 11.1 Å². The molecule has 5 nitrogen and oxygen atoms in total. The van der Waals surface area contributed by atoms with E-state index >= 15 is 0 Å². The smallest absolute Gasteiger partial charge is 0.338 e. The van der Waals surface area contributed by atoms with Crippen molar-refractivity contribution in [2.75, 3.05) is 37.7 Å². The minimum absolute atomic E-state index is 0.0444. The van der Waals surface area contributed by atoms with Crippen LogP contribution in [0, 0.1) is 0 Å². The van der Waals surface area contributed by atoms with Gasteiger partial charge in [0.05, 0.1) is 18.1 Å². The third-order valence-corrected chi connectivity index (χ3v) is 10.3. The maximum Gasteiger partial charge on any atom is 0.426 e. The van der Waals surface area contributed by atoms with Crippen molar-refractivity contribution in [3.8, 4) is 0 Å². The summed E-state index contributed by atoms with van der Waals surface area (Å²) < 4.78 is 78.8. The molecule has 1 amide bonds. The summed E-state index contributed by atoms with van der Waals surface area (Å²) in [4.78, 5) is 17.3. The molecule has 2 aromatic carbocycles. The van der Waals surface area contributed by atoms with E-state index in [4.69, 9.17) is 0 Å². The molecule has 2 heterocycles. The van der Waals surface area contributed by atoms with Crippen LogP contribution in [0.3, 0.4) is 0 Å². The van der Waals surface area contributed by atoms with Crippen LogP contribution < -0.4 is 0 Å². The van der Waals surface area contributed by atoms with E-state index < -0.39 is 32.7 Å². The van der Waals surface area contributed by atoms with E-state index in [1.165, 1.54) is 12.1 Å². The second-order valence-corrected chi connectivity index (χ2v) is 13.3. The summed E-state index contributed by atoms with van der Waals surface area (Å²) in [5.41, 5.74) is -1.69. The van der Waals surface area contributed by atoms with Gasteiger partial charge in [-0.2, -0.15) is 13.2 Å². The molecule has 5 rings (SSSR count). The number of fused-ring (bicyclic) bond motifs is 3. The monoisotopic (exact) mass is 552 g/mol. The average molecular weight is 553 g/mol. The lowest BCUT2D eigenvalue weighted by Crippen LogP contribution is -2.52. The van der Waals surface area contributed by atoms with Crippen LogP contribution in [0.25, 0.3) is 0 Å². The molecule has 2 saturated heterocycles. The molecule has 38 heavy (non-hydrogen) atoms. The first kappa shape index (κ1) is 27.1. The number of sulfone groups is 1. The van der Waals surface area contributed by atoms with Crippen molar-refractivity contribution >= 4 is 15.7 Å². The number of halogens is 4. The molecule has 3 aliphatic rings. The molecule has 10 heteroatoms. The zero-order valence-corrected chi connectivity index (χ0v) is 22.1. The van der Waals surface area contributed by atoms with Gasteiger partial charge in [-0.05, 0) is 54.9 Å². The van der Waals surface area contributed by atoms with E-state index in [1.54, 1.807) is 6.07 Å². The van der Waals surface area contributed by atoms with Gasteiger partial charge in [-0.15, -0.1) is 0 Å². The molecule has 3 atom stereocenters. The Morgan fingerprint density at radius 2 is 1.71 bits per heavy atom. The fourth-order valence-electron chi connectivity index (χ4n) is 6.47. The fraction of sp³-hybridized carbons (Fsp3) is 0.536. The zero-order valence-electron chi connectivity index (χ0n) is 21.3. The van der Waals surface area contributed by atoms with Gasteiger partial charge in [0.2, 0.25) is 11.6 Å². The van der Waals surface area contributed by atoms with Crippen LogP contribution in [-0.2, 0) is 38.6 Å². The van der Waals surface area contributed by atoms with Gasteiger partial charge in [-0.25, -0.2) is 12.8 Å². The molecular weight excluding hydrogens is 520 g/mol. The Labute approximate surface area is 220 Å². The van der Waals surface area contributed by atoms with Gasteiger partial charge in [-0.3, -0.25) is 9.69 Å². The Balaban J connectivity index is 1.47. The highest BCUT2D eigenvalue weighted by atomic mass is 32.2. The number of benzene rings is 2. The van der Waals surface area contributed by atoms with Crippen molar-refractivity contribution < 1.29 is 30.8 Å². The largest absolute Gasteiger partial charge is 0.426 e. The van der Waals surface area contributed by atoms with Gasteiger partial charge < -0.3 is 4.90 Å². The number of carbonyl (C=O) groups excluding carboxylic acids is 1. The normalized spacial score (nSPS) is 26.9. The van der Waals surface area contributed by atoms with Crippen LogP contribution in [-0.4, -0.2) is 74.0 Å². The molecule has 0 bridgehead atoms. The number of likely N-dealkylation sites (tertiary alicyclic amines) is 1. The van der Waals surface area contributed by atoms with Gasteiger partial charge >= 0.3 is 6.18 Å². The summed E-state index contributed by atoms with van der Waals surface area (Å²) in [5, 5.41) is 0. The number of hydrogen-bond donors (Lipinski definition) is 0. The summed E-state index contributed by atoms with van der Waals surface area (Å²) in [6, 6.07) is 13.9. The SMILES string of the molecule is CC(F)(c1ccc2c(c1)CC[C@@H]1N(C(=O)CN3CCS(=O)(=O)CC3)CC[C@]21Cc1ccccc1)C(F)(F)F. The van der Waals surface area contributed by atoms with Crippen LogP contribution >= 0.6 is 0 Å². The van der Waals surface area contributed by atoms with E-state index in [9.17, 15) is 30.8 Å². The number of carbonyl (C=O) groups is 1. The molecule has 1 unspecified atom stereocenters. The molecule has 2 aromatic rings. The van der Waals surface area contributed by atoms with Crippen molar-refractivity contribution in [3.63, 3.8) is 0 Å². The van der Waals surface area contributed by atoms with E-state index in [0.29, 0.717) is 57.8 Å². The molecular formula is C28H32F4N2O3S.